The van der Waals surface area contributed by atoms with Crippen molar-refractivity contribution < 1.29 is 9.90 Å². The highest BCUT2D eigenvalue weighted by atomic mass is 32.1. The van der Waals surface area contributed by atoms with Gasteiger partial charge in [0.05, 0.1) is 17.8 Å². The summed E-state index contributed by atoms with van der Waals surface area (Å²) in [5, 5.41) is 16.0. The summed E-state index contributed by atoms with van der Waals surface area (Å²) in [6.07, 6.45) is 0.827. The van der Waals surface area contributed by atoms with E-state index in [4.69, 9.17) is 0 Å². The van der Waals surface area contributed by atoms with Crippen molar-refractivity contribution in [1.29, 1.82) is 0 Å². The largest absolute Gasteiger partial charge is 0.392 e. The zero-order valence-corrected chi connectivity index (χ0v) is 14.1. The molecule has 2 heterocycles. The minimum Gasteiger partial charge on any atom is -0.392 e. The van der Waals surface area contributed by atoms with E-state index in [-0.39, 0.29) is 11.9 Å². The Morgan fingerprint density at radius 1 is 1.39 bits per heavy atom. The first kappa shape index (κ1) is 16.1. The topological polar surface area (TPSA) is 74.2 Å². The van der Waals surface area contributed by atoms with Crippen LogP contribution >= 0.6 is 11.3 Å². The van der Waals surface area contributed by atoms with Crippen LogP contribution in [0.2, 0.25) is 0 Å². The lowest BCUT2D eigenvalue weighted by Gasteiger charge is -2.08. The lowest BCUT2D eigenvalue weighted by molar-refractivity contribution is -0.117. The van der Waals surface area contributed by atoms with E-state index < -0.39 is 6.10 Å². The lowest BCUT2D eigenvalue weighted by atomic mass is 10.1. The molecule has 0 saturated carbocycles. The number of carbonyl (C=O) groups is 1. The maximum absolute atomic E-state index is 12.2. The van der Waals surface area contributed by atoms with Crippen LogP contribution in [0, 0.1) is 13.8 Å². The van der Waals surface area contributed by atoms with Crippen LogP contribution in [0.25, 0.3) is 0 Å². The van der Waals surface area contributed by atoms with Gasteiger partial charge in [0.2, 0.25) is 5.91 Å². The number of aliphatic hydroxyl groups excluding tert-OH is 1. The average molecular weight is 331 g/mol. The summed E-state index contributed by atoms with van der Waals surface area (Å²) in [5.74, 6) is -0.128. The van der Waals surface area contributed by atoms with Crippen LogP contribution < -0.4 is 10.6 Å². The van der Waals surface area contributed by atoms with Gasteiger partial charge >= 0.3 is 0 Å². The number of aliphatic hydroxyl groups is 1. The van der Waals surface area contributed by atoms with Crippen molar-refractivity contribution in [3.8, 4) is 0 Å². The molecule has 23 heavy (non-hydrogen) atoms. The number of carbonyl (C=O) groups excluding carboxylic acids is 1. The molecule has 0 radical (unpaired) electrons. The minimum atomic E-state index is -0.444. The molecule has 1 aliphatic rings. The normalized spacial score (nSPS) is 20.7. The van der Waals surface area contributed by atoms with Crippen LogP contribution in [0.15, 0.2) is 24.3 Å². The van der Waals surface area contributed by atoms with Crippen molar-refractivity contribution in [2.24, 2.45) is 0 Å². The number of amides is 1. The number of hydrogen-bond acceptors (Lipinski definition) is 5. The van der Waals surface area contributed by atoms with E-state index in [0.717, 1.165) is 17.0 Å². The quantitative estimate of drug-likeness (QED) is 0.801. The maximum Gasteiger partial charge on any atom is 0.243 e. The van der Waals surface area contributed by atoms with E-state index >= 15 is 0 Å². The van der Waals surface area contributed by atoms with Crippen LogP contribution in [-0.2, 0) is 11.2 Å². The van der Waals surface area contributed by atoms with Gasteiger partial charge in [0, 0.05) is 17.8 Å². The summed E-state index contributed by atoms with van der Waals surface area (Å²) >= 11 is 1.51. The van der Waals surface area contributed by atoms with Crippen molar-refractivity contribution in [2.45, 2.75) is 38.8 Å². The highest BCUT2D eigenvalue weighted by Crippen LogP contribution is 2.25. The number of β-amino-alcohol motifs (C(OH)–C–C–N with tert-alkyl or cyclic N) is 1. The molecule has 0 aliphatic carbocycles. The number of nitrogens with one attached hydrogen (secondary N) is 2. The molecule has 1 aliphatic heterocycles. The number of benzene rings is 1. The smallest absolute Gasteiger partial charge is 0.243 e. The van der Waals surface area contributed by atoms with E-state index in [1.165, 1.54) is 22.5 Å². The molecule has 1 amide bonds. The molecule has 0 spiro atoms. The second-order valence-corrected chi connectivity index (χ2v) is 7.11. The van der Waals surface area contributed by atoms with Crippen molar-refractivity contribution in [3.05, 3.63) is 46.0 Å². The zero-order valence-electron chi connectivity index (χ0n) is 13.3. The Bertz CT molecular complexity index is 696. The Hall–Kier alpha value is -1.76. The second-order valence-electron chi connectivity index (χ2n) is 6.03. The molecule has 2 aromatic rings. The van der Waals surface area contributed by atoms with Crippen LogP contribution in [0.5, 0.6) is 0 Å². The van der Waals surface area contributed by atoms with Crippen LogP contribution in [0.1, 0.15) is 28.1 Å². The van der Waals surface area contributed by atoms with Gasteiger partial charge in [0.25, 0.3) is 0 Å². The molecule has 5 nitrogen and oxygen atoms in total. The first-order chi connectivity index (χ1) is 11.0. The number of aryl methyl sites for hydroxylation is 2. The fourth-order valence-electron chi connectivity index (χ4n) is 2.65. The van der Waals surface area contributed by atoms with Gasteiger partial charge in [-0.05, 0) is 25.8 Å². The predicted molar refractivity (Wildman–Crippen MR) is 91.9 cm³/mol. The Morgan fingerprint density at radius 2 is 2.13 bits per heavy atom. The maximum atomic E-state index is 12.2. The molecule has 1 aromatic heterocycles. The molecule has 0 bridgehead atoms. The molecule has 3 rings (SSSR count). The Kier molecular flexibility index (Phi) is 4.75. The van der Waals surface area contributed by atoms with Crippen molar-refractivity contribution in [3.63, 3.8) is 0 Å². The van der Waals surface area contributed by atoms with E-state index in [2.05, 4.69) is 46.8 Å². The van der Waals surface area contributed by atoms with E-state index in [0.29, 0.717) is 18.1 Å². The number of hydrogen-bond donors (Lipinski definition) is 3. The van der Waals surface area contributed by atoms with Crippen LogP contribution in [0.4, 0.5) is 5.13 Å². The number of anilines is 1. The molecule has 2 atom stereocenters. The summed E-state index contributed by atoms with van der Waals surface area (Å²) in [6.45, 7) is 4.50. The molecule has 6 heteroatoms. The average Bonchev–Trinajstić information content (AvgIpc) is 3.08. The van der Waals surface area contributed by atoms with Crippen LogP contribution in [-0.4, -0.2) is 34.7 Å². The van der Waals surface area contributed by atoms with Gasteiger partial charge in [-0.3, -0.25) is 4.79 Å². The monoisotopic (exact) mass is 331 g/mol. The molecular formula is C17H21N3O2S. The third-order valence-corrected chi connectivity index (χ3v) is 5.11. The SMILES string of the molecule is Cc1ccc(Cc2sc(NC(=O)[C@@H]3C[C@H](O)CN3)nc2C)cc1. The molecular weight excluding hydrogens is 310 g/mol. The first-order valence-electron chi connectivity index (χ1n) is 7.75. The van der Waals surface area contributed by atoms with E-state index in [1.807, 2.05) is 6.92 Å². The summed E-state index contributed by atoms with van der Waals surface area (Å²) in [4.78, 5) is 17.8. The third-order valence-electron chi connectivity index (χ3n) is 4.03. The fraction of sp³-hybridized carbons (Fsp3) is 0.412. The Morgan fingerprint density at radius 3 is 2.78 bits per heavy atom. The van der Waals surface area contributed by atoms with Gasteiger partial charge in [0.1, 0.15) is 0 Å². The third kappa shape index (κ3) is 3.96. The first-order valence-corrected chi connectivity index (χ1v) is 8.57. The van der Waals surface area contributed by atoms with Gasteiger partial charge in [0.15, 0.2) is 5.13 Å². The number of nitrogens with zero attached hydrogens (tertiary/aromatic N) is 1. The molecule has 1 aromatic carbocycles. The van der Waals surface area contributed by atoms with Crippen molar-refractivity contribution >= 4 is 22.4 Å². The van der Waals surface area contributed by atoms with Crippen molar-refractivity contribution in [1.82, 2.24) is 10.3 Å². The summed E-state index contributed by atoms with van der Waals surface area (Å²) in [7, 11) is 0. The zero-order chi connectivity index (χ0) is 16.4. The van der Waals surface area contributed by atoms with Crippen molar-refractivity contribution in [2.75, 3.05) is 11.9 Å². The predicted octanol–water partition coefficient (Wildman–Crippen LogP) is 2.01. The molecule has 122 valence electrons. The lowest BCUT2D eigenvalue weighted by Crippen LogP contribution is -2.35. The standard InChI is InChI=1S/C17H21N3O2S/c1-10-3-5-12(6-4-10)7-15-11(2)19-17(23-15)20-16(22)14-8-13(21)9-18-14/h3-6,13-14,18,21H,7-9H2,1-2H3,(H,19,20,22)/t13-,14-/m0/s1. The second kappa shape index (κ2) is 6.78. The van der Waals surface area contributed by atoms with Gasteiger partial charge < -0.3 is 15.7 Å². The number of thiazole rings is 1. The summed E-state index contributed by atoms with van der Waals surface area (Å²) < 4.78 is 0. The van der Waals surface area contributed by atoms with E-state index in [9.17, 15) is 9.90 Å². The number of aromatic nitrogens is 1. The summed E-state index contributed by atoms with van der Waals surface area (Å²) in [5.41, 5.74) is 3.43. The Labute approximate surface area is 139 Å². The van der Waals surface area contributed by atoms with Gasteiger partial charge in [-0.15, -0.1) is 11.3 Å². The highest BCUT2D eigenvalue weighted by molar-refractivity contribution is 7.15. The molecule has 1 fully saturated rings. The summed E-state index contributed by atoms with van der Waals surface area (Å²) in [6, 6.07) is 8.11. The van der Waals surface area contributed by atoms with Gasteiger partial charge in [-0.2, -0.15) is 0 Å². The molecule has 3 N–H and O–H groups in total. The number of rotatable bonds is 4. The highest BCUT2D eigenvalue weighted by Gasteiger charge is 2.28. The Balaban J connectivity index is 1.66. The van der Waals surface area contributed by atoms with Gasteiger partial charge in [-0.1, -0.05) is 29.8 Å². The van der Waals surface area contributed by atoms with Crippen LogP contribution in [0.3, 0.4) is 0 Å². The molecule has 0 unspecified atom stereocenters. The molecule has 1 saturated heterocycles. The fourth-order valence-corrected chi connectivity index (χ4v) is 3.65. The van der Waals surface area contributed by atoms with Gasteiger partial charge in [-0.25, -0.2) is 4.98 Å². The minimum absolute atomic E-state index is 0.128. The van der Waals surface area contributed by atoms with E-state index in [1.54, 1.807) is 0 Å².